The second-order valence-corrected chi connectivity index (χ2v) is 10.3. The van der Waals surface area contributed by atoms with Gasteiger partial charge in [0, 0.05) is 46.6 Å². The number of carbonyl (C=O) groups excluding carboxylic acids is 2. The third kappa shape index (κ3) is 5.76. The first-order chi connectivity index (χ1) is 21.0. The molecule has 0 saturated heterocycles. The van der Waals surface area contributed by atoms with Crippen molar-refractivity contribution in [3.05, 3.63) is 89.8 Å². The summed E-state index contributed by atoms with van der Waals surface area (Å²) in [4.78, 5) is 41.7. The summed E-state index contributed by atoms with van der Waals surface area (Å²) in [6.07, 6.45) is 0.600. The number of pyridine rings is 2. The SMILES string of the molecule is Cc1ccc(C(=O)Nc2cc(C(F)(F)F)ccn2)cc1-c1cc2cnc(NC(=O)C3CC3)nc2c(-c2ccc(F)nc2)c1O. The van der Waals surface area contributed by atoms with Gasteiger partial charge in [0.25, 0.3) is 5.91 Å². The van der Waals surface area contributed by atoms with Crippen molar-refractivity contribution in [3.8, 4) is 28.0 Å². The van der Waals surface area contributed by atoms with Gasteiger partial charge in [-0.1, -0.05) is 6.07 Å². The van der Waals surface area contributed by atoms with Gasteiger partial charge in [0.2, 0.25) is 17.8 Å². The molecule has 3 heterocycles. The first kappa shape index (κ1) is 28.6. The highest BCUT2D eigenvalue weighted by molar-refractivity contribution is 6.06. The summed E-state index contributed by atoms with van der Waals surface area (Å²) in [6, 6.07) is 10.3. The smallest absolute Gasteiger partial charge is 0.416 e. The largest absolute Gasteiger partial charge is 0.507 e. The minimum Gasteiger partial charge on any atom is -0.507 e. The first-order valence-electron chi connectivity index (χ1n) is 13.4. The fraction of sp³-hybridized carbons (Fsp3) is 0.161. The van der Waals surface area contributed by atoms with Crippen LogP contribution in [0.1, 0.15) is 34.3 Å². The summed E-state index contributed by atoms with van der Waals surface area (Å²) in [5, 5.41) is 17.2. The first-order valence-corrected chi connectivity index (χ1v) is 13.4. The second kappa shape index (κ2) is 11.0. The Labute approximate surface area is 247 Å². The van der Waals surface area contributed by atoms with E-state index in [1.807, 2.05) is 0 Å². The summed E-state index contributed by atoms with van der Waals surface area (Å²) in [6.45, 7) is 1.75. The Kier molecular flexibility index (Phi) is 7.15. The number of aromatic nitrogens is 4. The van der Waals surface area contributed by atoms with Crippen molar-refractivity contribution in [1.82, 2.24) is 19.9 Å². The highest BCUT2D eigenvalue weighted by Gasteiger charge is 2.31. The van der Waals surface area contributed by atoms with E-state index in [0.717, 1.165) is 37.2 Å². The van der Waals surface area contributed by atoms with E-state index in [2.05, 4.69) is 30.6 Å². The van der Waals surface area contributed by atoms with Crippen molar-refractivity contribution in [2.24, 2.45) is 5.92 Å². The Morgan fingerprint density at radius 1 is 0.932 bits per heavy atom. The molecular formula is C31H22F4N6O3. The quantitative estimate of drug-likeness (QED) is 0.149. The van der Waals surface area contributed by atoms with Crippen LogP contribution in [-0.2, 0) is 11.0 Å². The lowest BCUT2D eigenvalue weighted by Crippen LogP contribution is -2.15. The van der Waals surface area contributed by atoms with E-state index < -0.39 is 23.6 Å². The Bertz CT molecular complexity index is 1940. The number of nitrogens with one attached hydrogen (secondary N) is 2. The van der Waals surface area contributed by atoms with Crippen LogP contribution in [0.4, 0.5) is 29.3 Å². The van der Waals surface area contributed by atoms with Crippen LogP contribution in [0.25, 0.3) is 33.2 Å². The number of hydrogen-bond donors (Lipinski definition) is 3. The van der Waals surface area contributed by atoms with E-state index in [-0.39, 0.29) is 51.5 Å². The molecule has 0 unspecified atom stereocenters. The summed E-state index contributed by atoms with van der Waals surface area (Å²) >= 11 is 0. The molecule has 0 spiro atoms. The van der Waals surface area contributed by atoms with E-state index in [9.17, 15) is 32.3 Å². The van der Waals surface area contributed by atoms with E-state index >= 15 is 0 Å². The maximum atomic E-state index is 13.7. The molecule has 6 rings (SSSR count). The summed E-state index contributed by atoms with van der Waals surface area (Å²) < 4.78 is 53.1. The molecule has 44 heavy (non-hydrogen) atoms. The van der Waals surface area contributed by atoms with Crippen molar-refractivity contribution >= 4 is 34.5 Å². The Balaban J connectivity index is 1.43. The van der Waals surface area contributed by atoms with Gasteiger partial charge in [0.1, 0.15) is 11.6 Å². The number of anilines is 2. The standard InChI is InChI=1S/C31H22F4N6O3/c1-15-2-3-17(29(44)39-24-12-20(8-9-36-24)31(33,34)35)10-21(15)22-11-19-14-38-30(41-28(43)16-4-5-16)40-26(19)25(27(22)42)18-6-7-23(32)37-13-18/h2-3,6-14,16,42H,4-5H2,1H3,(H,36,39,44)(H,38,40,41,43). The lowest BCUT2D eigenvalue weighted by Gasteiger charge is -2.16. The van der Waals surface area contributed by atoms with Gasteiger partial charge in [0.15, 0.2) is 0 Å². The number of carbonyl (C=O) groups is 2. The fourth-order valence-corrected chi connectivity index (χ4v) is 4.71. The van der Waals surface area contributed by atoms with Crippen molar-refractivity contribution in [3.63, 3.8) is 0 Å². The number of phenols is 1. The van der Waals surface area contributed by atoms with Crippen LogP contribution in [0.5, 0.6) is 5.75 Å². The van der Waals surface area contributed by atoms with Crippen LogP contribution >= 0.6 is 0 Å². The molecule has 222 valence electrons. The topological polar surface area (TPSA) is 130 Å². The van der Waals surface area contributed by atoms with Gasteiger partial charge in [0.05, 0.1) is 16.6 Å². The van der Waals surface area contributed by atoms with Crippen LogP contribution in [-0.4, -0.2) is 36.9 Å². The van der Waals surface area contributed by atoms with Crippen LogP contribution in [0, 0.1) is 18.8 Å². The maximum absolute atomic E-state index is 13.7. The van der Waals surface area contributed by atoms with Crippen molar-refractivity contribution in [1.29, 1.82) is 0 Å². The molecule has 0 aliphatic heterocycles. The third-order valence-electron chi connectivity index (χ3n) is 7.16. The van der Waals surface area contributed by atoms with E-state index in [1.54, 1.807) is 19.1 Å². The van der Waals surface area contributed by atoms with Gasteiger partial charge in [-0.05, 0) is 73.4 Å². The molecule has 0 atom stereocenters. The maximum Gasteiger partial charge on any atom is 0.416 e. The molecule has 1 fully saturated rings. The predicted octanol–water partition coefficient (Wildman–Crippen LogP) is 6.53. The van der Waals surface area contributed by atoms with Gasteiger partial charge < -0.3 is 10.4 Å². The zero-order valence-electron chi connectivity index (χ0n) is 22.9. The monoisotopic (exact) mass is 602 g/mol. The van der Waals surface area contributed by atoms with E-state index in [4.69, 9.17) is 0 Å². The molecule has 0 bridgehead atoms. The lowest BCUT2D eigenvalue weighted by molar-refractivity contribution is -0.137. The minimum absolute atomic E-state index is 0.0379. The number of nitrogens with zero attached hydrogens (tertiary/aromatic N) is 4. The van der Waals surface area contributed by atoms with Crippen LogP contribution in [0.3, 0.4) is 0 Å². The average Bonchev–Trinajstić information content (AvgIpc) is 3.84. The molecule has 5 aromatic rings. The average molecular weight is 603 g/mol. The summed E-state index contributed by atoms with van der Waals surface area (Å²) in [5.74, 6) is -2.26. The van der Waals surface area contributed by atoms with Crippen molar-refractivity contribution in [2.75, 3.05) is 10.6 Å². The number of fused-ring (bicyclic) bond motifs is 1. The van der Waals surface area contributed by atoms with Crippen LogP contribution < -0.4 is 10.6 Å². The zero-order chi connectivity index (χ0) is 31.2. The molecule has 0 radical (unpaired) electrons. The highest BCUT2D eigenvalue weighted by atomic mass is 19.4. The molecule has 1 saturated carbocycles. The number of rotatable bonds is 6. The highest BCUT2D eigenvalue weighted by Crippen LogP contribution is 2.44. The number of alkyl halides is 3. The van der Waals surface area contributed by atoms with Crippen LogP contribution in [0.15, 0.2) is 67.1 Å². The van der Waals surface area contributed by atoms with Gasteiger partial charge in [-0.25, -0.2) is 19.9 Å². The molecule has 3 N–H and O–H groups in total. The molecule has 2 aromatic carbocycles. The molecule has 1 aliphatic rings. The Hall–Kier alpha value is -5.46. The van der Waals surface area contributed by atoms with E-state index in [1.165, 1.54) is 30.6 Å². The van der Waals surface area contributed by atoms with Crippen LogP contribution in [0.2, 0.25) is 0 Å². The van der Waals surface area contributed by atoms with Gasteiger partial charge in [-0.15, -0.1) is 0 Å². The van der Waals surface area contributed by atoms with Gasteiger partial charge in [-0.3, -0.25) is 14.9 Å². The van der Waals surface area contributed by atoms with Gasteiger partial charge >= 0.3 is 6.18 Å². The molecule has 13 heteroatoms. The summed E-state index contributed by atoms with van der Waals surface area (Å²) in [7, 11) is 0. The predicted molar refractivity (Wildman–Crippen MR) is 153 cm³/mol. The number of aryl methyl sites for hydroxylation is 1. The molecular weight excluding hydrogens is 580 g/mol. The Morgan fingerprint density at radius 2 is 1.73 bits per heavy atom. The van der Waals surface area contributed by atoms with Gasteiger partial charge in [-0.2, -0.15) is 17.6 Å². The molecule has 1 aliphatic carbocycles. The number of phenolic OH excluding ortho intramolecular Hbond substituents is 1. The second-order valence-electron chi connectivity index (χ2n) is 10.3. The molecule has 3 aromatic heterocycles. The normalized spacial score (nSPS) is 13.1. The summed E-state index contributed by atoms with van der Waals surface area (Å²) in [5.41, 5.74) is 1.27. The molecule has 2 amide bonds. The van der Waals surface area contributed by atoms with Crippen molar-refractivity contribution in [2.45, 2.75) is 25.9 Å². The minimum atomic E-state index is -4.61. The number of amides is 2. The third-order valence-corrected chi connectivity index (χ3v) is 7.16. The number of aromatic hydroxyl groups is 1. The number of halogens is 4. The fourth-order valence-electron chi connectivity index (χ4n) is 4.71. The number of hydrogen-bond acceptors (Lipinski definition) is 7. The Morgan fingerprint density at radius 3 is 2.43 bits per heavy atom. The zero-order valence-corrected chi connectivity index (χ0v) is 22.9. The lowest BCUT2D eigenvalue weighted by atomic mass is 9.92. The van der Waals surface area contributed by atoms with Crippen molar-refractivity contribution < 1.29 is 32.3 Å². The number of benzene rings is 2. The molecule has 9 nitrogen and oxygen atoms in total. The van der Waals surface area contributed by atoms with E-state index in [0.29, 0.717) is 22.1 Å².